The van der Waals surface area contributed by atoms with Crippen molar-refractivity contribution in [2.75, 3.05) is 0 Å². The molecule has 0 spiro atoms. The zero-order valence-electron chi connectivity index (χ0n) is 9.68. The van der Waals surface area contributed by atoms with Crippen molar-refractivity contribution in [2.45, 2.75) is 13.8 Å². The van der Waals surface area contributed by atoms with Gasteiger partial charge in [-0.1, -0.05) is 32.0 Å². The van der Waals surface area contributed by atoms with Crippen molar-refractivity contribution in [3.8, 4) is 6.07 Å². The highest BCUT2D eigenvalue weighted by atomic mass is 16.4. The summed E-state index contributed by atoms with van der Waals surface area (Å²) in [6.45, 7) is 3.05. The first-order chi connectivity index (χ1) is 7.99. The van der Waals surface area contributed by atoms with Crippen LogP contribution in [0.15, 0.2) is 24.3 Å². The third kappa shape index (κ3) is 2.70. The molecule has 0 aliphatic rings. The Morgan fingerprint density at radius 3 is 2.35 bits per heavy atom. The van der Waals surface area contributed by atoms with Crippen LogP contribution < -0.4 is 0 Å². The zero-order valence-corrected chi connectivity index (χ0v) is 9.68. The second-order valence-electron chi connectivity index (χ2n) is 3.94. The number of rotatable bonds is 4. The minimum atomic E-state index is -1.01. The van der Waals surface area contributed by atoms with Gasteiger partial charge >= 0.3 is 5.97 Å². The maximum absolute atomic E-state index is 12.1. The van der Waals surface area contributed by atoms with Crippen molar-refractivity contribution in [2.24, 2.45) is 11.8 Å². The molecule has 1 aromatic carbocycles. The molecule has 1 N–H and O–H groups in total. The summed E-state index contributed by atoms with van der Waals surface area (Å²) in [7, 11) is 0. The third-order valence-corrected chi connectivity index (χ3v) is 2.87. The number of Topliss-reactive ketones (excluding diaryl/α,β-unsaturated/α-hetero) is 1. The van der Waals surface area contributed by atoms with Crippen LogP contribution in [0, 0.1) is 23.2 Å². The second-order valence-corrected chi connectivity index (χ2v) is 3.94. The van der Waals surface area contributed by atoms with Gasteiger partial charge in [-0.3, -0.25) is 9.59 Å². The fourth-order valence-electron chi connectivity index (χ4n) is 1.48. The van der Waals surface area contributed by atoms with Crippen LogP contribution >= 0.6 is 0 Å². The number of ketones is 1. The molecule has 0 aromatic heterocycles. The molecule has 0 amide bonds. The van der Waals surface area contributed by atoms with E-state index in [2.05, 4.69) is 0 Å². The molecule has 1 aromatic rings. The second kappa shape index (κ2) is 5.26. The molecule has 2 atom stereocenters. The summed E-state index contributed by atoms with van der Waals surface area (Å²) in [5.74, 6) is -2.74. The van der Waals surface area contributed by atoms with Crippen molar-refractivity contribution in [1.82, 2.24) is 0 Å². The average Bonchev–Trinajstić information content (AvgIpc) is 2.35. The molecule has 88 valence electrons. The molecule has 1 rings (SSSR count). The smallest absolute Gasteiger partial charge is 0.306 e. The van der Waals surface area contributed by atoms with Gasteiger partial charge in [0.25, 0.3) is 0 Å². The lowest BCUT2D eigenvalue weighted by atomic mass is 9.87. The first-order valence-electron chi connectivity index (χ1n) is 5.25. The van der Waals surface area contributed by atoms with E-state index in [1.54, 1.807) is 31.2 Å². The van der Waals surface area contributed by atoms with Gasteiger partial charge in [-0.2, -0.15) is 5.26 Å². The molecule has 0 aliphatic carbocycles. The van der Waals surface area contributed by atoms with Crippen LogP contribution in [0.2, 0.25) is 0 Å². The average molecular weight is 231 g/mol. The van der Waals surface area contributed by atoms with Gasteiger partial charge in [0.2, 0.25) is 0 Å². The van der Waals surface area contributed by atoms with Gasteiger partial charge in [0.15, 0.2) is 5.78 Å². The van der Waals surface area contributed by atoms with Gasteiger partial charge in [-0.25, -0.2) is 0 Å². The molecular formula is C13H13NO3. The van der Waals surface area contributed by atoms with Gasteiger partial charge in [-0.15, -0.1) is 0 Å². The Balaban J connectivity index is 3.05. The molecule has 0 aliphatic heterocycles. The summed E-state index contributed by atoms with van der Waals surface area (Å²) >= 11 is 0. The molecule has 0 heterocycles. The Morgan fingerprint density at radius 2 is 1.82 bits per heavy atom. The minimum Gasteiger partial charge on any atom is -0.481 e. The predicted octanol–water partition coefficient (Wildman–Crippen LogP) is 2.10. The number of benzene rings is 1. The zero-order chi connectivity index (χ0) is 13.0. The van der Waals surface area contributed by atoms with Crippen molar-refractivity contribution in [3.05, 3.63) is 35.4 Å². The number of aliphatic carboxylic acids is 1. The summed E-state index contributed by atoms with van der Waals surface area (Å²) in [5.41, 5.74) is 0.567. The molecule has 2 unspecified atom stereocenters. The van der Waals surface area contributed by atoms with E-state index in [4.69, 9.17) is 10.4 Å². The molecule has 4 heteroatoms. The van der Waals surface area contributed by atoms with E-state index < -0.39 is 17.8 Å². The van der Waals surface area contributed by atoms with E-state index in [0.29, 0.717) is 0 Å². The Kier molecular flexibility index (Phi) is 4.00. The molecule has 4 nitrogen and oxygen atoms in total. The van der Waals surface area contributed by atoms with Crippen LogP contribution in [-0.2, 0) is 4.79 Å². The molecular weight excluding hydrogens is 218 g/mol. The van der Waals surface area contributed by atoms with Crippen LogP contribution in [0.5, 0.6) is 0 Å². The maximum Gasteiger partial charge on any atom is 0.306 e. The molecule has 0 fully saturated rings. The lowest BCUT2D eigenvalue weighted by Gasteiger charge is -2.15. The van der Waals surface area contributed by atoms with Crippen molar-refractivity contribution in [3.63, 3.8) is 0 Å². The van der Waals surface area contributed by atoms with E-state index in [1.807, 2.05) is 6.07 Å². The summed E-state index contributed by atoms with van der Waals surface area (Å²) in [5, 5.41) is 17.7. The predicted molar refractivity (Wildman–Crippen MR) is 61.5 cm³/mol. The summed E-state index contributed by atoms with van der Waals surface area (Å²) in [4.78, 5) is 22.9. The molecule has 0 bridgehead atoms. The minimum absolute atomic E-state index is 0.280. The lowest BCUT2D eigenvalue weighted by Crippen LogP contribution is -2.25. The number of nitrogens with zero attached hydrogens (tertiary/aromatic N) is 1. The van der Waals surface area contributed by atoms with Gasteiger partial charge in [0, 0.05) is 11.5 Å². The van der Waals surface area contributed by atoms with Crippen LogP contribution in [0.25, 0.3) is 0 Å². The fourth-order valence-corrected chi connectivity index (χ4v) is 1.48. The monoisotopic (exact) mass is 231 g/mol. The number of carbonyl (C=O) groups excluding carboxylic acids is 1. The van der Waals surface area contributed by atoms with Crippen molar-refractivity contribution in [1.29, 1.82) is 5.26 Å². The highest BCUT2D eigenvalue weighted by molar-refractivity contribution is 6.01. The third-order valence-electron chi connectivity index (χ3n) is 2.87. The molecule has 0 saturated heterocycles. The molecule has 0 saturated carbocycles. The topological polar surface area (TPSA) is 78.2 Å². The van der Waals surface area contributed by atoms with Crippen LogP contribution in [0.1, 0.15) is 29.8 Å². The molecule has 0 radical (unpaired) electrons. The quantitative estimate of drug-likeness (QED) is 0.805. The van der Waals surface area contributed by atoms with E-state index in [-0.39, 0.29) is 16.9 Å². The Labute approximate surface area is 99.5 Å². The van der Waals surface area contributed by atoms with Crippen molar-refractivity contribution >= 4 is 11.8 Å². The number of hydrogen-bond acceptors (Lipinski definition) is 3. The van der Waals surface area contributed by atoms with Gasteiger partial charge in [0.05, 0.1) is 17.6 Å². The largest absolute Gasteiger partial charge is 0.481 e. The Hall–Kier alpha value is -2.15. The fraction of sp³-hybridized carbons (Fsp3) is 0.308. The number of carbonyl (C=O) groups is 2. The lowest BCUT2D eigenvalue weighted by molar-refractivity contribution is -0.142. The first kappa shape index (κ1) is 12.9. The Bertz CT molecular complexity index is 488. The first-order valence-corrected chi connectivity index (χ1v) is 5.25. The highest BCUT2D eigenvalue weighted by Crippen LogP contribution is 2.19. The van der Waals surface area contributed by atoms with Crippen LogP contribution in [0.4, 0.5) is 0 Å². The number of carboxylic acids is 1. The Morgan fingerprint density at radius 1 is 1.24 bits per heavy atom. The standard InChI is InChI=1S/C13H13NO3/c1-8(9(2)13(16)17)12(15)11-6-4-3-5-10(11)7-14/h3-6,8-9H,1-2H3,(H,16,17). The maximum atomic E-state index is 12.1. The molecule has 17 heavy (non-hydrogen) atoms. The van der Waals surface area contributed by atoms with Crippen LogP contribution in [0.3, 0.4) is 0 Å². The van der Waals surface area contributed by atoms with E-state index in [0.717, 1.165) is 0 Å². The summed E-state index contributed by atoms with van der Waals surface area (Å²) in [6.07, 6.45) is 0. The highest BCUT2D eigenvalue weighted by Gasteiger charge is 2.27. The van der Waals surface area contributed by atoms with Crippen LogP contribution in [-0.4, -0.2) is 16.9 Å². The number of carboxylic acid groups (broad SMARTS) is 1. The number of nitriles is 1. The van der Waals surface area contributed by atoms with E-state index in [9.17, 15) is 9.59 Å². The van der Waals surface area contributed by atoms with Crippen molar-refractivity contribution < 1.29 is 14.7 Å². The van der Waals surface area contributed by atoms with Gasteiger partial charge < -0.3 is 5.11 Å². The van der Waals surface area contributed by atoms with E-state index >= 15 is 0 Å². The van der Waals surface area contributed by atoms with Gasteiger partial charge in [-0.05, 0) is 6.07 Å². The van der Waals surface area contributed by atoms with Gasteiger partial charge in [0.1, 0.15) is 0 Å². The SMILES string of the molecule is CC(C(=O)O)C(C)C(=O)c1ccccc1C#N. The normalized spacial score (nSPS) is 13.5. The number of hydrogen-bond donors (Lipinski definition) is 1. The van der Waals surface area contributed by atoms with E-state index in [1.165, 1.54) is 6.92 Å². The summed E-state index contributed by atoms with van der Waals surface area (Å²) < 4.78 is 0. The summed E-state index contributed by atoms with van der Waals surface area (Å²) in [6, 6.07) is 8.35.